The molecule has 0 unspecified atom stereocenters. The molecule has 1 aromatic heterocycles. The summed E-state index contributed by atoms with van der Waals surface area (Å²) in [6.45, 7) is 0. The Morgan fingerprint density at radius 2 is 0.810 bits per heavy atom. The van der Waals surface area contributed by atoms with E-state index in [1.807, 2.05) is 0 Å². The van der Waals surface area contributed by atoms with Crippen LogP contribution in [0, 0.1) is 0 Å². The number of nitrogens with zero attached hydrogens (tertiary/aromatic N) is 1. The number of furan rings is 1. The average molecular weight is 740 g/mol. The normalized spacial score (nSPS) is 11.4. The first-order chi connectivity index (χ1) is 28.8. The fourth-order valence-corrected chi connectivity index (χ4v) is 8.69. The summed E-state index contributed by atoms with van der Waals surface area (Å²) in [7, 11) is 0. The summed E-state index contributed by atoms with van der Waals surface area (Å²) in [6, 6.07) is 80.7. The average Bonchev–Trinajstić information content (AvgIpc) is 3.67. The molecule has 0 fully saturated rings. The third-order valence-electron chi connectivity index (χ3n) is 11.5. The van der Waals surface area contributed by atoms with Crippen molar-refractivity contribution in [3.8, 4) is 44.5 Å². The maximum Gasteiger partial charge on any atom is 0.136 e. The lowest BCUT2D eigenvalue weighted by Crippen LogP contribution is -2.12. The third-order valence-corrected chi connectivity index (χ3v) is 11.5. The SMILES string of the molecule is c1ccc(-c2ccc(-c3ccccc3N(c3ccc(-c4cccc5ccccc45)cc3)c3ccccc3-c3cccc4oc5cc6ccccc6cc5c34)cc2)cc1. The van der Waals surface area contributed by atoms with Gasteiger partial charge in [-0.15, -0.1) is 0 Å². The minimum atomic E-state index is 0.877. The highest BCUT2D eigenvalue weighted by atomic mass is 16.3. The summed E-state index contributed by atoms with van der Waals surface area (Å²) < 4.78 is 6.58. The molecule has 0 radical (unpaired) electrons. The van der Waals surface area contributed by atoms with Gasteiger partial charge in [-0.2, -0.15) is 0 Å². The number of hydrogen-bond acceptors (Lipinski definition) is 2. The Morgan fingerprint density at radius 3 is 1.60 bits per heavy atom. The molecule has 0 saturated heterocycles. The zero-order valence-corrected chi connectivity index (χ0v) is 31.7. The van der Waals surface area contributed by atoms with E-state index in [2.05, 4.69) is 229 Å². The Balaban J connectivity index is 1.11. The van der Waals surface area contributed by atoms with Crippen molar-refractivity contribution in [2.75, 3.05) is 4.90 Å². The molecule has 11 aromatic rings. The first-order valence-electron chi connectivity index (χ1n) is 19.8. The van der Waals surface area contributed by atoms with E-state index in [1.54, 1.807) is 0 Å². The standard InChI is InChI=1S/C56H37NO/c1-2-14-38(15-3-1)39-28-30-42(31-29-39)48-21-8-10-25-52(48)57(45-34-32-41(33-35-45)47-23-12-19-40-16-6-7-20-46(40)47)53-26-11-9-22-49(53)50-24-13-27-54-56(50)51-36-43-17-4-5-18-44(43)37-55(51)58-54/h1-37H. The highest BCUT2D eigenvalue weighted by Gasteiger charge is 2.23. The fraction of sp³-hybridized carbons (Fsp3) is 0. The lowest BCUT2D eigenvalue weighted by Gasteiger charge is -2.30. The van der Waals surface area contributed by atoms with Crippen molar-refractivity contribution in [1.82, 2.24) is 0 Å². The molecule has 2 nitrogen and oxygen atoms in total. The van der Waals surface area contributed by atoms with Gasteiger partial charge in [0, 0.05) is 27.6 Å². The van der Waals surface area contributed by atoms with E-state index >= 15 is 0 Å². The van der Waals surface area contributed by atoms with Crippen LogP contribution in [0.5, 0.6) is 0 Å². The van der Waals surface area contributed by atoms with E-state index in [9.17, 15) is 0 Å². The summed E-state index contributed by atoms with van der Waals surface area (Å²) >= 11 is 0. The first-order valence-corrected chi connectivity index (χ1v) is 19.8. The molecule has 11 rings (SSSR count). The van der Waals surface area contributed by atoms with Crippen molar-refractivity contribution in [3.05, 3.63) is 224 Å². The van der Waals surface area contributed by atoms with Gasteiger partial charge in [0.2, 0.25) is 0 Å². The molecule has 0 aliphatic heterocycles. The van der Waals surface area contributed by atoms with Gasteiger partial charge in [-0.05, 0) is 97.4 Å². The number of benzene rings is 10. The summed E-state index contributed by atoms with van der Waals surface area (Å²) in [6.07, 6.45) is 0. The van der Waals surface area contributed by atoms with Gasteiger partial charge in [0.05, 0.1) is 11.4 Å². The Kier molecular flexibility index (Phi) is 8.19. The van der Waals surface area contributed by atoms with Gasteiger partial charge >= 0.3 is 0 Å². The van der Waals surface area contributed by atoms with Crippen molar-refractivity contribution in [3.63, 3.8) is 0 Å². The summed E-state index contributed by atoms with van der Waals surface area (Å²) in [5.74, 6) is 0. The second-order valence-corrected chi connectivity index (χ2v) is 14.9. The van der Waals surface area contributed by atoms with Crippen molar-refractivity contribution in [2.24, 2.45) is 0 Å². The summed E-state index contributed by atoms with van der Waals surface area (Å²) in [5.41, 5.74) is 14.4. The molecule has 10 aromatic carbocycles. The van der Waals surface area contributed by atoms with Crippen LogP contribution in [0.25, 0.3) is 88.0 Å². The van der Waals surface area contributed by atoms with Gasteiger partial charge in [0.15, 0.2) is 0 Å². The van der Waals surface area contributed by atoms with Crippen molar-refractivity contribution in [2.45, 2.75) is 0 Å². The van der Waals surface area contributed by atoms with Crippen molar-refractivity contribution >= 4 is 60.5 Å². The van der Waals surface area contributed by atoms with Gasteiger partial charge in [0.1, 0.15) is 11.2 Å². The number of para-hydroxylation sites is 2. The number of rotatable bonds is 7. The van der Waals surface area contributed by atoms with Crippen molar-refractivity contribution in [1.29, 1.82) is 0 Å². The van der Waals surface area contributed by atoms with Crippen LogP contribution in [0.4, 0.5) is 17.1 Å². The zero-order valence-electron chi connectivity index (χ0n) is 31.7. The van der Waals surface area contributed by atoms with Crippen LogP contribution >= 0.6 is 0 Å². The zero-order chi connectivity index (χ0) is 38.4. The second-order valence-electron chi connectivity index (χ2n) is 14.9. The fourth-order valence-electron chi connectivity index (χ4n) is 8.69. The van der Waals surface area contributed by atoms with Gasteiger partial charge in [0.25, 0.3) is 0 Å². The van der Waals surface area contributed by atoms with Crippen LogP contribution in [0.3, 0.4) is 0 Å². The second kappa shape index (κ2) is 14.1. The smallest absolute Gasteiger partial charge is 0.136 e. The molecule has 0 spiro atoms. The number of anilines is 3. The Labute approximate surface area is 337 Å². The monoisotopic (exact) mass is 739 g/mol. The number of fused-ring (bicyclic) bond motifs is 5. The van der Waals surface area contributed by atoms with Gasteiger partial charge in [-0.3, -0.25) is 0 Å². The molecular formula is C56H37NO. The quantitative estimate of drug-likeness (QED) is 0.162. The van der Waals surface area contributed by atoms with Crippen molar-refractivity contribution < 1.29 is 4.42 Å². The maximum absolute atomic E-state index is 6.58. The summed E-state index contributed by atoms with van der Waals surface area (Å²) in [5, 5.41) is 7.08. The Hall–Kier alpha value is -7.68. The van der Waals surface area contributed by atoms with Crippen LogP contribution < -0.4 is 4.90 Å². The Morgan fingerprint density at radius 1 is 0.293 bits per heavy atom. The molecule has 0 atom stereocenters. The van der Waals surface area contributed by atoms with Crippen LogP contribution in [-0.4, -0.2) is 0 Å². The molecule has 0 aliphatic carbocycles. The number of hydrogen-bond donors (Lipinski definition) is 0. The molecule has 58 heavy (non-hydrogen) atoms. The first kappa shape index (κ1) is 33.6. The third kappa shape index (κ3) is 5.82. The molecular weight excluding hydrogens is 703 g/mol. The largest absolute Gasteiger partial charge is 0.456 e. The predicted molar refractivity (Wildman–Crippen MR) is 245 cm³/mol. The van der Waals surface area contributed by atoms with E-state index in [-0.39, 0.29) is 0 Å². The van der Waals surface area contributed by atoms with Gasteiger partial charge in [-0.25, -0.2) is 0 Å². The van der Waals surface area contributed by atoms with E-state index in [0.29, 0.717) is 0 Å². The molecule has 0 bridgehead atoms. The highest BCUT2D eigenvalue weighted by molar-refractivity contribution is 6.16. The van der Waals surface area contributed by atoms with Crippen LogP contribution in [0.1, 0.15) is 0 Å². The summed E-state index contributed by atoms with van der Waals surface area (Å²) in [4.78, 5) is 2.43. The Bertz CT molecular complexity index is 3260. The van der Waals surface area contributed by atoms with E-state index < -0.39 is 0 Å². The van der Waals surface area contributed by atoms with Crippen LogP contribution in [0.15, 0.2) is 229 Å². The minimum absolute atomic E-state index is 0.877. The minimum Gasteiger partial charge on any atom is -0.456 e. The molecule has 272 valence electrons. The lowest BCUT2D eigenvalue weighted by atomic mass is 9.94. The van der Waals surface area contributed by atoms with Gasteiger partial charge < -0.3 is 9.32 Å². The molecule has 0 saturated carbocycles. The lowest BCUT2D eigenvalue weighted by molar-refractivity contribution is 0.669. The highest BCUT2D eigenvalue weighted by Crippen LogP contribution is 2.48. The van der Waals surface area contributed by atoms with Gasteiger partial charge in [-0.1, -0.05) is 182 Å². The van der Waals surface area contributed by atoms with Crippen LogP contribution in [0.2, 0.25) is 0 Å². The maximum atomic E-state index is 6.58. The molecule has 0 aliphatic rings. The van der Waals surface area contributed by atoms with Crippen LogP contribution in [-0.2, 0) is 0 Å². The molecule has 1 heterocycles. The predicted octanol–water partition coefficient (Wildman–Crippen LogP) is 16.0. The molecule has 0 amide bonds. The molecule has 0 N–H and O–H groups in total. The van der Waals surface area contributed by atoms with E-state index in [4.69, 9.17) is 4.42 Å². The van der Waals surface area contributed by atoms with E-state index in [1.165, 1.54) is 43.8 Å². The van der Waals surface area contributed by atoms with E-state index in [0.717, 1.165) is 61.3 Å². The molecule has 2 heteroatoms. The topological polar surface area (TPSA) is 16.4 Å².